The van der Waals surface area contributed by atoms with E-state index in [1.165, 1.54) is 19.3 Å². The summed E-state index contributed by atoms with van der Waals surface area (Å²) in [7, 11) is 0. The van der Waals surface area contributed by atoms with Gasteiger partial charge in [0.2, 0.25) is 0 Å². The molecule has 1 amide bonds. The first kappa shape index (κ1) is 14.6. The maximum Gasteiger partial charge on any atom is 0.252 e. The first-order valence-electron chi connectivity index (χ1n) is 7.12. The topological polar surface area (TPSA) is 55.1 Å². The Morgan fingerprint density at radius 1 is 1.45 bits per heavy atom. The molecule has 1 aliphatic carbocycles. The largest absolute Gasteiger partial charge is 0.351 e. The molecule has 1 saturated carbocycles. The highest BCUT2D eigenvalue weighted by Crippen LogP contribution is 2.39. The lowest BCUT2D eigenvalue weighted by Gasteiger charge is -2.38. The molecule has 0 saturated heterocycles. The average molecular weight is 270 g/mol. The number of benzene rings is 1. The molecule has 0 radical (unpaired) electrons. The third kappa shape index (κ3) is 3.40. The first-order valence-corrected chi connectivity index (χ1v) is 7.12. The highest BCUT2D eigenvalue weighted by Gasteiger charge is 2.32. The second kappa shape index (κ2) is 6.11. The number of rotatable bonds is 3. The van der Waals surface area contributed by atoms with Crippen LogP contribution in [0.15, 0.2) is 18.2 Å². The molecule has 0 spiro atoms. The summed E-state index contributed by atoms with van der Waals surface area (Å²) in [5, 5.41) is 3.05. The monoisotopic (exact) mass is 270 g/mol. The molecule has 1 aliphatic rings. The zero-order chi connectivity index (χ0) is 14.6. The molecule has 0 bridgehead atoms. The summed E-state index contributed by atoms with van der Waals surface area (Å²) in [6.07, 6.45) is 3.66. The van der Waals surface area contributed by atoms with Crippen LogP contribution in [0.2, 0.25) is 0 Å². The molecule has 3 N–H and O–H groups in total. The first-order chi connectivity index (χ1) is 9.54. The fraction of sp³-hybridized carbons (Fsp3) is 0.471. The Bertz CT molecular complexity index is 562. The summed E-state index contributed by atoms with van der Waals surface area (Å²) in [6, 6.07) is 5.74. The molecule has 0 aliphatic heterocycles. The van der Waals surface area contributed by atoms with Crippen molar-refractivity contribution in [3.8, 4) is 11.8 Å². The van der Waals surface area contributed by atoms with Crippen molar-refractivity contribution in [1.29, 1.82) is 0 Å². The van der Waals surface area contributed by atoms with E-state index in [9.17, 15) is 4.79 Å². The predicted octanol–water partition coefficient (Wildman–Crippen LogP) is 2.23. The van der Waals surface area contributed by atoms with Crippen molar-refractivity contribution in [2.75, 3.05) is 13.1 Å². The molecule has 1 aromatic carbocycles. The number of hydrogen-bond donors (Lipinski definition) is 2. The molecule has 0 aromatic heterocycles. The van der Waals surface area contributed by atoms with Gasteiger partial charge in [0.1, 0.15) is 0 Å². The Kier molecular flexibility index (Phi) is 4.46. The van der Waals surface area contributed by atoms with E-state index in [1.54, 1.807) is 0 Å². The fourth-order valence-corrected chi connectivity index (χ4v) is 2.45. The van der Waals surface area contributed by atoms with Gasteiger partial charge in [-0.05, 0) is 37.3 Å². The molecule has 3 heteroatoms. The fourth-order valence-electron chi connectivity index (χ4n) is 2.45. The average Bonchev–Trinajstić information content (AvgIpc) is 2.41. The van der Waals surface area contributed by atoms with Crippen LogP contribution in [-0.4, -0.2) is 19.0 Å². The Morgan fingerprint density at radius 3 is 2.80 bits per heavy atom. The minimum absolute atomic E-state index is 0.0388. The summed E-state index contributed by atoms with van der Waals surface area (Å²) >= 11 is 0. The number of nitrogens with two attached hydrogens (primary N) is 1. The van der Waals surface area contributed by atoms with Gasteiger partial charge in [-0.2, -0.15) is 0 Å². The minimum Gasteiger partial charge on any atom is -0.351 e. The number of aryl methyl sites for hydroxylation is 1. The van der Waals surface area contributed by atoms with Crippen LogP contribution in [0, 0.1) is 24.2 Å². The third-order valence-electron chi connectivity index (χ3n) is 3.98. The van der Waals surface area contributed by atoms with Crippen molar-refractivity contribution in [1.82, 2.24) is 5.32 Å². The van der Waals surface area contributed by atoms with Crippen LogP contribution in [0.5, 0.6) is 0 Å². The smallest absolute Gasteiger partial charge is 0.252 e. The molecule has 1 fully saturated rings. The van der Waals surface area contributed by atoms with Crippen LogP contribution >= 0.6 is 0 Å². The van der Waals surface area contributed by atoms with E-state index >= 15 is 0 Å². The van der Waals surface area contributed by atoms with Crippen LogP contribution < -0.4 is 11.1 Å². The standard InChI is InChI=1S/C17H22N2O/c1-13-6-7-14(5-3-10-18)15(11-13)16(20)19-12-17(2)8-4-9-17/h6-7,11H,4,8-10,12,18H2,1-2H3,(H,19,20). The van der Waals surface area contributed by atoms with Gasteiger partial charge in [0, 0.05) is 12.1 Å². The van der Waals surface area contributed by atoms with Gasteiger partial charge >= 0.3 is 0 Å². The quantitative estimate of drug-likeness (QED) is 0.828. The molecular formula is C17H22N2O. The maximum atomic E-state index is 12.4. The van der Waals surface area contributed by atoms with Crippen molar-refractivity contribution >= 4 is 5.91 Å². The van der Waals surface area contributed by atoms with Gasteiger partial charge in [-0.15, -0.1) is 0 Å². The zero-order valence-corrected chi connectivity index (χ0v) is 12.3. The van der Waals surface area contributed by atoms with E-state index in [0.717, 1.165) is 17.7 Å². The molecule has 3 nitrogen and oxygen atoms in total. The van der Waals surface area contributed by atoms with Crippen LogP contribution in [0.3, 0.4) is 0 Å². The number of amides is 1. The summed E-state index contributed by atoms with van der Waals surface area (Å²) in [5.74, 6) is 5.74. The van der Waals surface area contributed by atoms with Gasteiger partial charge in [-0.1, -0.05) is 36.8 Å². The summed E-state index contributed by atoms with van der Waals surface area (Å²) in [4.78, 5) is 12.4. The highest BCUT2D eigenvalue weighted by atomic mass is 16.1. The number of carbonyl (C=O) groups excluding carboxylic acids is 1. The van der Waals surface area contributed by atoms with E-state index in [0.29, 0.717) is 12.1 Å². The summed E-state index contributed by atoms with van der Waals surface area (Å²) in [6.45, 7) is 5.24. The van der Waals surface area contributed by atoms with Gasteiger partial charge in [0.05, 0.1) is 12.1 Å². The summed E-state index contributed by atoms with van der Waals surface area (Å²) < 4.78 is 0. The number of hydrogen-bond acceptors (Lipinski definition) is 2. The molecule has 106 valence electrons. The molecule has 1 aromatic rings. The molecule has 0 atom stereocenters. The minimum atomic E-state index is -0.0388. The SMILES string of the molecule is Cc1ccc(C#CCN)c(C(=O)NCC2(C)CCC2)c1. The lowest BCUT2D eigenvalue weighted by Crippen LogP contribution is -2.40. The number of carbonyl (C=O) groups is 1. The van der Waals surface area contributed by atoms with Gasteiger partial charge in [0.25, 0.3) is 5.91 Å². The van der Waals surface area contributed by atoms with Crippen molar-refractivity contribution in [2.24, 2.45) is 11.1 Å². The Balaban J connectivity index is 2.13. The lowest BCUT2D eigenvalue weighted by atomic mass is 9.70. The van der Waals surface area contributed by atoms with Crippen LogP contribution in [0.25, 0.3) is 0 Å². The molecule has 0 unspecified atom stereocenters. The van der Waals surface area contributed by atoms with Crippen molar-refractivity contribution in [2.45, 2.75) is 33.1 Å². The van der Waals surface area contributed by atoms with Crippen LogP contribution in [0.1, 0.15) is 47.7 Å². The second-order valence-electron chi connectivity index (χ2n) is 5.90. The second-order valence-corrected chi connectivity index (χ2v) is 5.90. The zero-order valence-electron chi connectivity index (χ0n) is 12.3. The Labute approximate surface area is 120 Å². The van der Waals surface area contributed by atoms with Crippen LogP contribution in [0.4, 0.5) is 0 Å². The van der Waals surface area contributed by atoms with Gasteiger partial charge in [0.15, 0.2) is 0 Å². The van der Waals surface area contributed by atoms with E-state index in [4.69, 9.17) is 5.73 Å². The van der Waals surface area contributed by atoms with Crippen molar-refractivity contribution in [3.05, 3.63) is 34.9 Å². The van der Waals surface area contributed by atoms with E-state index in [-0.39, 0.29) is 11.3 Å². The van der Waals surface area contributed by atoms with Crippen molar-refractivity contribution in [3.63, 3.8) is 0 Å². The third-order valence-corrected chi connectivity index (χ3v) is 3.98. The van der Waals surface area contributed by atoms with Gasteiger partial charge in [-0.3, -0.25) is 4.79 Å². The lowest BCUT2D eigenvalue weighted by molar-refractivity contribution is 0.0890. The molecule has 20 heavy (non-hydrogen) atoms. The normalized spacial score (nSPS) is 15.8. The maximum absolute atomic E-state index is 12.4. The number of nitrogens with one attached hydrogen (secondary N) is 1. The summed E-state index contributed by atoms with van der Waals surface area (Å²) in [5.41, 5.74) is 8.13. The van der Waals surface area contributed by atoms with E-state index in [1.807, 2.05) is 25.1 Å². The van der Waals surface area contributed by atoms with Gasteiger partial charge < -0.3 is 11.1 Å². The highest BCUT2D eigenvalue weighted by molar-refractivity contribution is 5.97. The predicted molar refractivity (Wildman–Crippen MR) is 81.4 cm³/mol. The van der Waals surface area contributed by atoms with Gasteiger partial charge in [-0.25, -0.2) is 0 Å². The molecule has 2 rings (SSSR count). The molecule has 0 heterocycles. The Hall–Kier alpha value is -1.79. The van der Waals surface area contributed by atoms with Crippen LogP contribution in [-0.2, 0) is 0 Å². The van der Waals surface area contributed by atoms with Crippen molar-refractivity contribution < 1.29 is 4.79 Å². The Morgan fingerprint density at radius 2 is 2.20 bits per heavy atom. The van der Waals surface area contributed by atoms with E-state index in [2.05, 4.69) is 24.1 Å². The molecular weight excluding hydrogens is 248 g/mol. The van der Waals surface area contributed by atoms with E-state index < -0.39 is 0 Å².